The van der Waals surface area contributed by atoms with Crippen molar-refractivity contribution in [1.29, 1.82) is 0 Å². The number of nitrogens with zero attached hydrogens (tertiary/aromatic N) is 1. The average Bonchev–Trinajstić information content (AvgIpc) is 2.44. The molecule has 2 rings (SSSR count). The minimum Gasteiger partial charge on any atom is -0.399 e. The second kappa shape index (κ2) is 5.66. The van der Waals surface area contributed by atoms with E-state index in [1.165, 1.54) is 5.56 Å². The first-order valence-corrected chi connectivity index (χ1v) is 6.38. The van der Waals surface area contributed by atoms with Gasteiger partial charge in [-0.25, -0.2) is 0 Å². The fraction of sp³-hybridized carbons (Fsp3) is 0.500. The van der Waals surface area contributed by atoms with Crippen LogP contribution in [0.25, 0.3) is 0 Å². The average molecular weight is 285 g/mol. The van der Waals surface area contributed by atoms with Gasteiger partial charge in [0.05, 0.1) is 6.61 Å². The highest BCUT2D eigenvalue weighted by Crippen LogP contribution is 2.18. The van der Waals surface area contributed by atoms with Gasteiger partial charge in [-0.3, -0.25) is 4.90 Å². The van der Waals surface area contributed by atoms with Crippen molar-refractivity contribution in [2.24, 2.45) is 0 Å². The van der Waals surface area contributed by atoms with Crippen LogP contribution in [-0.4, -0.2) is 31.2 Å². The molecule has 0 aromatic heterocycles. The van der Waals surface area contributed by atoms with Crippen LogP contribution in [0.2, 0.25) is 0 Å². The van der Waals surface area contributed by atoms with Crippen LogP contribution >= 0.6 is 15.9 Å². The number of halogens is 1. The van der Waals surface area contributed by atoms with Gasteiger partial charge in [-0.15, -0.1) is 0 Å². The molecule has 1 aromatic carbocycles. The molecule has 16 heavy (non-hydrogen) atoms. The predicted molar refractivity (Wildman–Crippen MR) is 69.3 cm³/mol. The fourth-order valence-electron chi connectivity index (χ4n) is 1.98. The number of hydrogen-bond acceptors (Lipinski definition) is 3. The Hall–Kier alpha value is -0.580. The summed E-state index contributed by atoms with van der Waals surface area (Å²) < 4.78 is 6.48. The monoisotopic (exact) mass is 284 g/mol. The second-order valence-electron chi connectivity index (χ2n) is 4.13. The van der Waals surface area contributed by atoms with Crippen molar-refractivity contribution in [1.82, 2.24) is 4.90 Å². The van der Waals surface area contributed by atoms with Crippen molar-refractivity contribution < 1.29 is 4.74 Å². The lowest BCUT2D eigenvalue weighted by Gasteiger charge is -2.19. The molecule has 1 saturated heterocycles. The maximum atomic E-state index is 5.82. The summed E-state index contributed by atoms with van der Waals surface area (Å²) in [7, 11) is 0. The van der Waals surface area contributed by atoms with E-state index in [1.807, 2.05) is 12.1 Å². The Labute approximate surface area is 105 Å². The zero-order valence-electron chi connectivity index (χ0n) is 9.29. The molecule has 0 aliphatic carbocycles. The lowest BCUT2D eigenvalue weighted by atomic mass is 10.2. The largest absolute Gasteiger partial charge is 0.399 e. The maximum Gasteiger partial charge on any atom is 0.0593 e. The Morgan fingerprint density at radius 2 is 2.12 bits per heavy atom. The van der Waals surface area contributed by atoms with E-state index >= 15 is 0 Å². The summed E-state index contributed by atoms with van der Waals surface area (Å²) in [5, 5.41) is 0. The van der Waals surface area contributed by atoms with Gasteiger partial charge < -0.3 is 10.5 Å². The molecule has 0 atom stereocenters. The van der Waals surface area contributed by atoms with Crippen LogP contribution in [0.15, 0.2) is 22.7 Å². The molecule has 3 nitrogen and oxygen atoms in total. The summed E-state index contributed by atoms with van der Waals surface area (Å²) in [5.74, 6) is 0. The second-order valence-corrected chi connectivity index (χ2v) is 5.05. The predicted octanol–water partition coefficient (Wildman–Crippen LogP) is 2.25. The maximum absolute atomic E-state index is 5.82. The summed E-state index contributed by atoms with van der Waals surface area (Å²) in [5.41, 5.74) is 7.90. The molecular weight excluding hydrogens is 268 g/mol. The van der Waals surface area contributed by atoms with E-state index in [4.69, 9.17) is 10.5 Å². The first kappa shape index (κ1) is 11.9. The molecule has 88 valence electrons. The lowest BCUT2D eigenvalue weighted by molar-refractivity contribution is 0.140. The minimum atomic E-state index is 0.815. The molecule has 1 fully saturated rings. The van der Waals surface area contributed by atoms with E-state index in [9.17, 15) is 0 Å². The SMILES string of the molecule is Nc1cc(Br)cc(CN2CCCOCC2)c1. The van der Waals surface area contributed by atoms with Gasteiger partial charge in [0.25, 0.3) is 0 Å². The van der Waals surface area contributed by atoms with Crippen LogP contribution in [-0.2, 0) is 11.3 Å². The summed E-state index contributed by atoms with van der Waals surface area (Å²) in [6.07, 6.45) is 1.11. The van der Waals surface area contributed by atoms with Gasteiger partial charge in [0.1, 0.15) is 0 Å². The molecule has 1 aromatic rings. The van der Waals surface area contributed by atoms with E-state index in [0.717, 1.165) is 49.4 Å². The fourth-order valence-corrected chi connectivity index (χ4v) is 2.54. The van der Waals surface area contributed by atoms with Crippen molar-refractivity contribution in [2.75, 3.05) is 32.0 Å². The van der Waals surface area contributed by atoms with Crippen molar-refractivity contribution in [3.8, 4) is 0 Å². The standard InChI is InChI=1S/C12H17BrN2O/c13-11-6-10(7-12(14)8-11)9-15-2-1-4-16-5-3-15/h6-8H,1-5,9,14H2. The smallest absolute Gasteiger partial charge is 0.0593 e. The van der Waals surface area contributed by atoms with Gasteiger partial charge in [-0.05, 0) is 30.2 Å². The molecule has 0 amide bonds. The number of nitrogens with two attached hydrogens (primary N) is 1. The number of benzene rings is 1. The Kier molecular flexibility index (Phi) is 4.21. The van der Waals surface area contributed by atoms with Gasteiger partial charge >= 0.3 is 0 Å². The van der Waals surface area contributed by atoms with Crippen LogP contribution in [0.1, 0.15) is 12.0 Å². The number of rotatable bonds is 2. The summed E-state index contributed by atoms with van der Waals surface area (Å²) in [6.45, 7) is 4.78. The van der Waals surface area contributed by atoms with Crippen LogP contribution in [0, 0.1) is 0 Å². The Morgan fingerprint density at radius 3 is 2.94 bits per heavy atom. The van der Waals surface area contributed by atoms with Crippen LogP contribution in [0.5, 0.6) is 0 Å². The van der Waals surface area contributed by atoms with Crippen molar-refractivity contribution >= 4 is 21.6 Å². The number of anilines is 1. The Bertz CT molecular complexity index is 329. The summed E-state index contributed by atoms with van der Waals surface area (Å²) in [4.78, 5) is 2.41. The first-order chi connectivity index (χ1) is 7.74. The van der Waals surface area contributed by atoms with Gasteiger partial charge in [0, 0.05) is 36.4 Å². The molecule has 1 heterocycles. The third-order valence-corrected chi connectivity index (χ3v) is 3.16. The molecule has 4 heteroatoms. The Balaban J connectivity index is 2.01. The zero-order valence-corrected chi connectivity index (χ0v) is 10.9. The first-order valence-electron chi connectivity index (χ1n) is 5.59. The van der Waals surface area contributed by atoms with Crippen molar-refractivity contribution in [2.45, 2.75) is 13.0 Å². The van der Waals surface area contributed by atoms with E-state index in [2.05, 4.69) is 26.9 Å². The van der Waals surface area contributed by atoms with E-state index in [0.29, 0.717) is 0 Å². The number of nitrogen functional groups attached to an aromatic ring is 1. The van der Waals surface area contributed by atoms with E-state index in [1.54, 1.807) is 0 Å². The highest BCUT2D eigenvalue weighted by molar-refractivity contribution is 9.10. The van der Waals surface area contributed by atoms with Crippen molar-refractivity contribution in [3.63, 3.8) is 0 Å². The highest BCUT2D eigenvalue weighted by atomic mass is 79.9. The zero-order chi connectivity index (χ0) is 11.4. The molecule has 1 aliphatic heterocycles. The van der Waals surface area contributed by atoms with Crippen LogP contribution in [0.3, 0.4) is 0 Å². The topological polar surface area (TPSA) is 38.5 Å². The highest BCUT2D eigenvalue weighted by Gasteiger charge is 2.09. The molecule has 0 saturated carbocycles. The van der Waals surface area contributed by atoms with Crippen molar-refractivity contribution in [3.05, 3.63) is 28.2 Å². The molecule has 0 unspecified atom stereocenters. The van der Waals surface area contributed by atoms with E-state index in [-0.39, 0.29) is 0 Å². The Morgan fingerprint density at radius 1 is 1.25 bits per heavy atom. The number of hydrogen-bond donors (Lipinski definition) is 1. The lowest BCUT2D eigenvalue weighted by Crippen LogP contribution is -2.25. The molecule has 0 bridgehead atoms. The molecular formula is C12H17BrN2O. The van der Waals surface area contributed by atoms with Crippen LogP contribution in [0.4, 0.5) is 5.69 Å². The summed E-state index contributed by atoms with van der Waals surface area (Å²) >= 11 is 3.47. The van der Waals surface area contributed by atoms with Gasteiger partial charge in [0.15, 0.2) is 0 Å². The van der Waals surface area contributed by atoms with Gasteiger partial charge in [0.2, 0.25) is 0 Å². The normalized spacial score (nSPS) is 18.3. The van der Waals surface area contributed by atoms with E-state index < -0.39 is 0 Å². The quantitative estimate of drug-likeness (QED) is 0.847. The number of ether oxygens (including phenoxy) is 1. The third kappa shape index (κ3) is 3.47. The summed E-state index contributed by atoms with van der Waals surface area (Å²) in [6, 6.07) is 6.09. The third-order valence-electron chi connectivity index (χ3n) is 2.70. The molecule has 1 aliphatic rings. The molecule has 0 radical (unpaired) electrons. The molecule has 2 N–H and O–H groups in total. The van der Waals surface area contributed by atoms with Gasteiger partial charge in [-0.2, -0.15) is 0 Å². The van der Waals surface area contributed by atoms with Gasteiger partial charge in [-0.1, -0.05) is 15.9 Å². The minimum absolute atomic E-state index is 0.815. The molecule has 0 spiro atoms. The van der Waals surface area contributed by atoms with Crippen LogP contribution < -0.4 is 5.73 Å².